The molecule has 116 valence electrons. The van der Waals surface area contributed by atoms with Crippen molar-refractivity contribution in [1.82, 2.24) is 0 Å². The van der Waals surface area contributed by atoms with Crippen LogP contribution in [0.2, 0.25) is 0 Å². The summed E-state index contributed by atoms with van der Waals surface area (Å²) in [4.78, 5) is 12.4. The zero-order valence-corrected chi connectivity index (χ0v) is 13.9. The molecule has 0 saturated heterocycles. The summed E-state index contributed by atoms with van der Waals surface area (Å²) in [6, 6.07) is 4.75. The number of amides is 1. The highest BCUT2D eigenvalue weighted by Crippen LogP contribution is 2.27. The predicted octanol–water partition coefficient (Wildman–Crippen LogP) is 1.09. The summed E-state index contributed by atoms with van der Waals surface area (Å²) >= 11 is 4.86. The molecule has 1 aromatic rings. The summed E-state index contributed by atoms with van der Waals surface area (Å²) in [7, 11) is -2.13. The van der Waals surface area contributed by atoms with Crippen LogP contribution in [0.4, 0.5) is 5.69 Å². The first kappa shape index (κ1) is 17.4. The van der Waals surface area contributed by atoms with Crippen molar-refractivity contribution in [3.63, 3.8) is 0 Å². The van der Waals surface area contributed by atoms with Crippen LogP contribution < -0.4 is 15.8 Å². The molecule has 0 unspecified atom stereocenters. The maximum atomic E-state index is 12.2. The van der Waals surface area contributed by atoms with Gasteiger partial charge in [-0.2, -0.15) is 0 Å². The van der Waals surface area contributed by atoms with Gasteiger partial charge in [0.15, 0.2) is 9.84 Å². The fourth-order valence-corrected chi connectivity index (χ4v) is 1.90. The van der Waals surface area contributed by atoms with E-state index in [-0.39, 0.29) is 4.99 Å². The molecule has 0 radical (unpaired) electrons. The molecule has 0 atom stereocenters. The second-order valence-electron chi connectivity index (χ2n) is 5.02. The van der Waals surface area contributed by atoms with Gasteiger partial charge in [0.2, 0.25) is 5.91 Å². The topological polar surface area (TPSA) is 98.5 Å². The van der Waals surface area contributed by atoms with Gasteiger partial charge in [-0.05, 0) is 32.0 Å². The number of sulfone groups is 1. The summed E-state index contributed by atoms with van der Waals surface area (Å²) < 4.78 is 26.9. The second kappa shape index (κ2) is 5.98. The number of ether oxygens (including phenoxy) is 1. The van der Waals surface area contributed by atoms with E-state index in [1.165, 1.54) is 21.0 Å². The number of nitrogens with two attached hydrogens (primary N) is 1. The molecule has 3 N–H and O–H groups in total. The summed E-state index contributed by atoms with van der Waals surface area (Å²) in [5.41, 5.74) is 6.46. The van der Waals surface area contributed by atoms with Gasteiger partial charge in [-0.3, -0.25) is 4.79 Å². The lowest BCUT2D eigenvalue weighted by molar-refractivity contribution is -0.117. The van der Waals surface area contributed by atoms with Crippen molar-refractivity contribution in [2.45, 2.75) is 18.6 Å². The van der Waals surface area contributed by atoms with Crippen molar-refractivity contribution in [1.29, 1.82) is 0 Å². The van der Waals surface area contributed by atoms with Crippen LogP contribution in [0.1, 0.15) is 19.4 Å². The number of anilines is 1. The van der Waals surface area contributed by atoms with Crippen molar-refractivity contribution in [3.8, 4) is 5.75 Å². The smallest absolute Gasteiger partial charge is 0.245 e. The average Bonchev–Trinajstić information content (AvgIpc) is 2.37. The van der Waals surface area contributed by atoms with Crippen molar-refractivity contribution in [2.24, 2.45) is 5.73 Å². The minimum atomic E-state index is -3.56. The zero-order chi connectivity index (χ0) is 16.4. The molecular formula is C13H18N2O4S2. The first-order valence-electron chi connectivity index (χ1n) is 5.99. The normalized spacial score (nSPS) is 11.8. The highest BCUT2D eigenvalue weighted by atomic mass is 32.2. The molecule has 1 amide bonds. The number of benzene rings is 1. The molecule has 0 saturated carbocycles. The number of carbonyl (C=O) groups is 1. The number of rotatable bonds is 5. The molecule has 0 aliphatic rings. The fourth-order valence-electron chi connectivity index (χ4n) is 1.39. The first-order chi connectivity index (χ1) is 9.50. The van der Waals surface area contributed by atoms with Crippen LogP contribution in [-0.2, 0) is 14.6 Å². The van der Waals surface area contributed by atoms with E-state index in [0.29, 0.717) is 17.0 Å². The van der Waals surface area contributed by atoms with E-state index < -0.39 is 20.5 Å². The molecule has 0 heterocycles. The van der Waals surface area contributed by atoms with Gasteiger partial charge in [0.1, 0.15) is 15.5 Å². The number of hydrogen-bond donors (Lipinski definition) is 2. The standard InChI is InChI=1S/C13H18N2O4S2/c1-13(2,21(4,17)18)12(16)15-9-6-5-8(11(14)20)7-10(9)19-3/h5-7H,1-4H3,(H2,14,20)(H,15,16). The van der Waals surface area contributed by atoms with Crippen molar-refractivity contribution >= 4 is 38.6 Å². The lowest BCUT2D eigenvalue weighted by Gasteiger charge is -2.22. The van der Waals surface area contributed by atoms with E-state index in [1.807, 2.05) is 0 Å². The number of nitrogens with one attached hydrogen (secondary N) is 1. The van der Waals surface area contributed by atoms with Gasteiger partial charge >= 0.3 is 0 Å². The lowest BCUT2D eigenvalue weighted by atomic mass is 10.1. The van der Waals surface area contributed by atoms with E-state index in [0.717, 1.165) is 6.26 Å². The number of carbonyl (C=O) groups excluding carboxylic acids is 1. The van der Waals surface area contributed by atoms with Crippen molar-refractivity contribution in [2.75, 3.05) is 18.7 Å². The summed E-state index contributed by atoms with van der Waals surface area (Å²) in [5, 5.41) is 2.55. The summed E-state index contributed by atoms with van der Waals surface area (Å²) in [6.45, 7) is 2.68. The Kier molecular flexibility index (Phi) is 4.95. The van der Waals surface area contributed by atoms with Crippen LogP contribution in [0.15, 0.2) is 18.2 Å². The van der Waals surface area contributed by atoms with Gasteiger partial charge in [-0.25, -0.2) is 8.42 Å². The third kappa shape index (κ3) is 3.70. The van der Waals surface area contributed by atoms with E-state index >= 15 is 0 Å². The maximum Gasteiger partial charge on any atom is 0.245 e. The summed E-state index contributed by atoms with van der Waals surface area (Å²) in [5.74, 6) is -0.302. The number of methoxy groups -OCH3 is 1. The van der Waals surface area contributed by atoms with E-state index in [2.05, 4.69) is 5.32 Å². The summed E-state index contributed by atoms with van der Waals surface area (Å²) in [6.07, 6.45) is 1.01. The Bertz CT molecular complexity index is 681. The predicted molar refractivity (Wildman–Crippen MR) is 86.4 cm³/mol. The Morgan fingerprint density at radius 3 is 2.38 bits per heavy atom. The van der Waals surface area contributed by atoms with Gasteiger partial charge in [0.25, 0.3) is 0 Å². The van der Waals surface area contributed by atoms with Crippen LogP contribution in [0.25, 0.3) is 0 Å². The van der Waals surface area contributed by atoms with Crippen LogP contribution in [0, 0.1) is 0 Å². The van der Waals surface area contributed by atoms with Crippen molar-refractivity contribution in [3.05, 3.63) is 23.8 Å². The molecule has 0 aliphatic carbocycles. The quantitative estimate of drug-likeness (QED) is 0.784. The Labute approximate surface area is 129 Å². The van der Waals surface area contributed by atoms with Gasteiger partial charge in [-0.15, -0.1) is 0 Å². The van der Waals surface area contributed by atoms with E-state index in [9.17, 15) is 13.2 Å². The van der Waals surface area contributed by atoms with Gasteiger partial charge in [-0.1, -0.05) is 12.2 Å². The zero-order valence-electron chi connectivity index (χ0n) is 12.3. The van der Waals surface area contributed by atoms with Crippen LogP contribution >= 0.6 is 12.2 Å². The molecule has 0 spiro atoms. The molecule has 1 rings (SSSR count). The SMILES string of the molecule is COc1cc(C(N)=S)ccc1NC(=O)C(C)(C)S(C)(=O)=O. The lowest BCUT2D eigenvalue weighted by Crippen LogP contribution is -2.43. The molecular weight excluding hydrogens is 312 g/mol. The number of thiocarbonyl (C=S) groups is 1. The average molecular weight is 330 g/mol. The second-order valence-corrected chi connectivity index (χ2v) is 8.02. The van der Waals surface area contributed by atoms with E-state index in [4.69, 9.17) is 22.7 Å². The Morgan fingerprint density at radius 2 is 1.95 bits per heavy atom. The molecule has 1 aromatic carbocycles. The molecule has 6 nitrogen and oxygen atoms in total. The molecule has 21 heavy (non-hydrogen) atoms. The molecule has 0 bridgehead atoms. The third-order valence-corrected chi connectivity index (χ3v) is 5.48. The van der Waals surface area contributed by atoms with Crippen LogP contribution in [0.3, 0.4) is 0 Å². The van der Waals surface area contributed by atoms with Crippen LogP contribution in [0.5, 0.6) is 5.75 Å². The maximum absolute atomic E-state index is 12.2. The van der Waals surface area contributed by atoms with Gasteiger partial charge in [0, 0.05) is 11.8 Å². The third-order valence-electron chi connectivity index (χ3n) is 3.21. The molecule has 0 fully saturated rings. The minimum Gasteiger partial charge on any atom is -0.495 e. The van der Waals surface area contributed by atoms with Crippen LogP contribution in [-0.4, -0.2) is 37.4 Å². The highest BCUT2D eigenvalue weighted by Gasteiger charge is 2.38. The monoisotopic (exact) mass is 330 g/mol. The number of hydrogen-bond acceptors (Lipinski definition) is 5. The minimum absolute atomic E-state index is 0.197. The molecule has 0 aliphatic heterocycles. The highest BCUT2D eigenvalue weighted by molar-refractivity contribution is 7.92. The van der Waals surface area contributed by atoms with Crippen molar-refractivity contribution < 1.29 is 17.9 Å². The first-order valence-corrected chi connectivity index (χ1v) is 8.29. The van der Waals surface area contributed by atoms with E-state index in [1.54, 1.807) is 18.2 Å². The Hall–Kier alpha value is -1.67. The fraction of sp³-hybridized carbons (Fsp3) is 0.385. The largest absolute Gasteiger partial charge is 0.495 e. The Balaban J connectivity index is 3.14. The van der Waals surface area contributed by atoms with Gasteiger partial charge in [0.05, 0.1) is 12.8 Å². The Morgan fingerprint density at radius 1 is 1.38 bits per heavy atom. The van der Waals surface area contributed by atoms with Gasteiger partial charge < -0.3 is 15.8 Å². The molecule has 8 heteroatoms. The molecule has 0 aromatic heterocycles.